The standard InChI is InChI=1S/C14H14BF6O.C7H16/c1-7(2)12(15-8(3)22)9-4-10(13(16,17)18)6-11(5-9)14(19,20)21;1-5-7(4)6(2)3/h4-7,12H,1-3H3;6-7H,5H2,1-4H3. The first-order valence-electron chi connectivity index (χ1n) is 9.65. The van der Waals surface area contributed by atoms with E-state index in [1.807, 2.05) is 0 Å². The Morgan fingerprint density at radius 2 is 1.28 bits per heavy atom. The third-order valence-electron chi connectivity index (χ3n) is 4.91. The van der Waals surface area contributed by atoms with E-state index in [9.17, 15) is 31.1 Å². The molecule has 165 valence electrons. The third-order valence-corrected chi connectivity index (χ3v) is 4.91. The van der Waals surface area contributed by atoms with Crippen molar-refractivity contribution in [3.05, 3.63) is 34.9 Å². The van der Waals surface area contributed by atoms with Gasteiger partial charge in [0, 0.05) is 0 Å². The van der Waals surface area contributed by atoms with Crippen molar-refractivity contribution >= 4 is 13.0 Å². The lowest BCUT2D eigenvalue weighted by Gasteiger charge is -2.22. The maximum absolute atomic E-state index is 12.8. The summed E-state index contributed by atoms with van der Waals surface area (Å²) in [5.41, 5.74) is -3.34. The van der Waals surface area contributed by atoms with Gasteiger partial charge in [-0.1, -0.05) is 53.5 Å². The number of carbonyl (C=O) groups is 1. The van der Waals surface area contributed by atoms with Gasteiger partial charge in [-0.2, -0.15) is 26.3 Å². The number of carbonyl (C=O) groups excluding carboxylic acids is 1. The van der Waals surface area contributed by atoms with Crippen molar-refractivity contribution in [2.24, 2.45) is 17.8 Å². The number of hydrogen-bond acceptors (Lipinski definition) is 1. The molecule has 1 aromatic carbocycles. The molecule has 1 radical (unpaired) electrons. The molecule has 1 aromatic rings. The van der Waals surface area contributed by atoms with Crippen molar-refractivity contribution in [1.82, 2.24) is 0 Å². The molecule has 0 aliphatic heterocycles. The van der Waals surface area contributed by atoms with E-state index < -0.39 is 35.0 Å². The fourth-order valence-corrected chi connectivity index (χ4v) is 2.57. The number of rotatable bonds is 6. The summed E-state index contributed by atoms with van der Waals surface area (Å²) in [6.07, 6.45) is -8.47. The van der Waals surface area contributed by atoms with Gasteiger partial charge >= 0.3 is 12.4 Å². The zero-order valence-corrected chi connectivity index (χ0v) is 18.0. The lowest BCUT2D eigenvalue weighted by molar-refractivity contribution is -0.143. The largest absolute Gasteiger partial charge is 0.416 e. The lowest BCUT2D eigenvalue weighted by atomic mass is 9.55. The molecule has 1 rings (SSSR count). The first-order chi connectivity index (χ1) is 13.0. The number of halogens is 6. The number of benzene rings is 1. The first kappa shape index (κ1) is 27.5. The average Bonchev–Trinajstić information content (AvgIpc) is 2.57. The summed E-state index contributed by atoms with van der Waals surface area (Å²) in [6, 6.07) is 1.41. The van der Waals surface area contributed by atoms with E-state index in [-0.39, 0.29) is 17.5 Å². The van der Waals surface area contributed by atoms with E-state index in [2.05, 4.69) is 27.7 Å². The molecule has 0 aliphatic rings. The van der Waals surface area contributed by atoms with Crippen molar-refractivity contribution in [3.8, 4) is 0 Å². The van der Waals surface area contributed by atoms with Crippen LogP contribution in [0.5, 0.6) is 0 Å². The zero-order chi connectivity index (χ0) is 23.2. The summed E-state index contributed by atoms with van der Waals surface area (Å²) in [6.45, 7) is 13.5. The fraction of sp³-hybridized carbons (Fsp3) is 0.667. The summed E-state index contributed by atoms with van der Waals surface area (Å²) >= 11 is 0. The molecule has 0 amide bonds. The van der Waals surface area contributed by atoms with Gasteiger partial charge in [-0.05, 0) is 48.7 Å². The second kappa shape index (κ2) is 11.1. The van der Waals surface area contributed by atoms with Gasteiger partial charge in [0.1, 0.15) is 0 Å². The molecule has 29 heavy (non-hydrogen) atoms. The van der Waals surface area contributed by atoms with Gasteiger partial charge < -0.3 is 4.79 Å². The van der Waals surface area contributed by atoms with Crippen LogP contribution in [0.1, 0.15) is 77.4 Å². The van der Waals surface area contributed by atoms with Crippen LogP contribution in [-0.4, -0.2) is 13.0 Å². The third kappa shape index (κ3) is 9.72. The van der Waals surface area contributed by atoms with Gasteiger partial charge in [-0.25, -0.2) is 0 Å². The second-order valence-corrected chi connectivity index (χ2v) is 8.02. The van der Waals surface area contributed by atoms with E-state index in [0.717, 1.165) is 19.1 Å². The molecule has 0 saturated carbocycles. The molecule has 0 aromatic heterocycles. The monoisotopic (exact) mass is 423 g/mol. The van der Waals surface area contributed by atoms with Crippen LogP contribution < -0.4 is 0 Å². The van der Waals surface area contributed by atoms with Gasteiger partial charge in [0.05, 0.1) is 16.8 Å². The smallest absolute Gasteiger partial charge is 0.312 e. The molecule has 0 bridgehead atoms. The maximum atomic E-state index is 12.8. The maximum Gasteiger partial charge on any atom is 0.416 e. The quantitative estimate of drug-likeness (QED) is 0.345. The van der Waals surface area contributed by atoms with Crippen LogP contribution in [0.4, 0.5) is 26.3 Å². The predicted molar refractivity (Wildman–Crippen MR) is 105 cm³/mol. The summed E-state index contributed by atoms with van der Waals surface area (Å²) in [5.74, 6) is 0.624. The normalized spacial score (nSPS) is 14.3. The van der Waals surface area contributed by atoms with Crippen LogP contribution in [-0.2, 0) is 17.1 Å². The first-order valence-corrected chi connectivity index (χ1v) is 9.65. The van der Waals surface area contributed by atoms with Crippen molar-refractivity contribution in [2.45, 2.75) is 73.1 Å². The van der Waals surface area contributed by atoms with E-state index in [4.69, 9.17) is 0 Å². The summed E-state index contributed by atoms with van der Waals surface area (Å²) in [7, 11) is 1.14. The number of hydrogen-bond donors (Lipinski definition) is 0. The highest BCUT2D eigenvalue weighted by Crippen LogP contribution is 2.38. The molecule has 0 N–H and O–H groups in total. The Labute approximate surface area is 170 Å². The van der Waals surface area contributed by atoms with Crippen molar-refractivity contribution in [3.63, 3.8) is 0 Å². The van der Waals surface area contributed by atoms with Gasteiger partial charge in [-0.15, -0.1) is 0 Å². The topological polar surface area (TPSA) is 17.1 Å². The summed E-state index contributed by atoms with van der Waals surface area (Å²) in [4.78, 5) is 11.2. The molecule has 0 fully saturated rings. The Hall–Kier alpha value is -1.47. The molecule has 1 nitrogen and oxygen atoms in total. The zero-order valence-electron chi connectivity index (χ0n) is 18.0. The molecule has 2 atom stereocenters. The van der Waals surface area contributed by atoms with Gasteiger partial charge in [0.15, 0.2) is 0 Å². The summed E-state index contributed by atoms with van der Waals surface area (Å²) in [5, 5.41) is 0. The van der Waals surface area contributed by atoms with Crippen molar-refractivity contribution in [2.75, 3.05) is 0 Å². The molecule has 0 saturated heterocycles. The SMILES string of the molecule is CC(=O)[B]C(c1cc(C(F)(F)F)cc(C(F)(F)F)c1)C(C)C.CCC(C)C(C)C. The Morgan fingerprint density at radius 3 is 1.48 bits per heavy atom. The van der Waals surface area contributed by atoms with Crippen LogP contribution in [0.25, 0.3) is 0 Å². The highest BCUT2D eigenvalue weighted by molar-refractivity contribution is 6.74. The van der Waals surface area contributed by atoms with Crippen LogP contribution >= 0.6 is 0 Å². The van der Waals surface area contributed by atoms with E-state index in [0.29, 0.717) is 12.1 Å². The van der Waals surface area contributed by atoms with Crippen LogP contribution in [0.2, 0.25) is 0 Å². The van der Waals surface area contributed by atoms with Crippen LogP contribution in [0.15, 0.2) is 18.2 Å². The average molecular weight is 423 g/mol. The molecule has 2 unspecified atom stereocenters. The van der Waals surface area contributed by atoms with Crippen molar-refractivity contribution in [1.29, 1.82) is 0 Å². The van der Waals surface area contributed by atoms with E-state index in [1.54, 1.807) is 13.8 Å². The molecular formula is C21H30BF6O. The minimum absolute atomic E-state index is 0.0780. The second-order valence-electron chi connectivity index (χ2n) is 8.02. The number of alkyl halides is 6. The predicted octanol–water partition coefficient (Wildman–Crippen LogP) is 7.36. The Morgan fingerprint density at radius 1 is 0.862 bits per heavy atom. The molecule has 0 aliphatic carbocycles. The fourth-order valence-electron chi connectivity index (χ4n) is 2.57. The van der Waals surface area contributed by atoms with Crippen LogP contribution in [0, 0.1) is 17.8 Å². The lowest BCUT2D eigenvalue weighted by Crippen LogP contribution is -2.22. The molecule has 0 spiro atoms. The highest BCUT2D eigenvalue weighted by atomic mass is 19.4. The Kier molecular flexibility index (Phi) is 10.5. The minimum atomic E-state index is -4.90. The molecule has 0 heterocycles. The van der Waals surface area contributed by atoms with Gasteiger partial charge in [0.2, 0.25) is 7.28 Å². The van der Waals surface area contributed by atoms with E-state index >= 15 is 0 Å². The molecule has 8 heteroatoms. The van der Waals surface area contributed by atoms with E-state index in [1.165, 1.54) is 13.3 Å². The van der Waals surface area contributed by atoms with Crippen molar-refractivity contribution < 1.29 is 31.1 Å². The van der Waals surface area contributed by atoms with Gasteiger partial charge in [0.25, 0.3) is 0 Å². The summed E-state index contributed by atoms with van der Waals surface area (Å²) < 4.78 is 76.9. The van der Waals surface area contributed by atoms with Crippen LogP contribution in [0.3, 0.4) is 0 Å². The van der Waals surface area contributed by atoms with Gasteiger partial charge in [-0.3, -0.25) is 0 Å². The minimum Gasteiger partial charge on any atom is -0.312 e. The Bertz CT molecular complexity index is 617. The highest BCUT2D eigenvalue weighted by Gasteiger charge is 2.38. The Balaban J connectivity index is 0.000000956. The molecular weight excluding hydrogens is 393 g/mol.